The molecule has 0 bridgehead atoms. The molecule has 4 rings (SSSR count). The van der Waals surface area contributed by atoms with Gasteiger partial charge in [-0.1, -0.05) is 30.3 Å². The Labute approximate surface area is 127 Å². The molecule has 22 heavy (non-hydrogen) atoms. The minimum atomic E-state index is -0.451. The monoisotopic (exact) mass is 293 g/mol. The standard InChI is InChI=1S/C18H15NO3/c1-21-18(20)15-8-7-12-9-16(22-17(12)19-15)14-10-13(14)11-5-3-2-4-6-11/h2-9,13-14H,10H2,1H3. The van der Waals surface area contributed by atoms with E-state index in [1.807, 2.05) is 18.2 Å². The van der Waals surface area contributed by atoms with Crippen LogP contribution in [0.2, 0.25) is 0 Å². The number of fused-ring (bicyclic) bond motifs is 1. The number of furan rings is 1. The van der Waals surface area contributed by atoms with Crippen LogP contribution in [0.15, 0.2) is 52.9 Å². The molecule has 4 nitrogen and oxygen atoms in total. The van der Waals surface area contributed by atoms with Crippen molar-refractivity contribution in [3.8, 4) is 0 Å². The molecule has 4 heteroatoms. The average Bonchev–Trinajstić information content (AvgIpc) is 3.26. The Balaban J connectivity index is 1.63. The van der Waals surface area contributed by atoms with Gasteiger partial charge >= 0.3 is 5.97 Å². The van der Waals surface area contributed by atoms with Gasteiger partial charge in [-0.25, -0.2) is 9.78 Å². The molecule has 1 aliphatic carbocycles. The summed E-state index contributed by atoms with van der Waals surface area (Å²) < 4.78 is 10.5. The summed E-state index contributed by atoms with van der Waals surface area (Å²) in [5, 5.41) is 0.918. The number of carbonyl (C=O) groups excluding carboxylic acids is 1. The van der Waals surface area contributed by atoms with Crippen molar-refractivity contribution >= 4 is 17.1 Å². The fourth-order valence-electron chi connectivity index (χ4n) is 2.92. The van der Waals surface area contributed by atoms with E-state index in [0.29, 0.717) is 17.5 Å². The summed E-state index contributed by atoms with van der Waals surface area (Å²) in [4.78, 5) is 15.8. The Kier molecular flexibility index (Phi) is 2.96. The van der Waals surface area contributed by atoms with Crippen molar-refractivity contribution in [2.75, 3.05) is 7.11 Å². The van der Waals surface area contributed by atoms with E-state index in [1.54, 1.807) is 6.07 Å². The molecule has 2 unspecified atom stereocenters. The van der Waals surface area contributed by atoms with Crippen LogP contribution in [0, 0.1) is 0 Å². The van der Waals surface area contributed by atoms with Gasteiger partial charge in [-0.15, -0.1) is 0 Å². The third kappa shape index (κ3) is 2.17. The lowest BCUT2D eigenvalue weighted by Gasteiger charge is -1.97. The van der Waals surface area contributed by atoms with Crippen LogP contribution in [-0.4, -0.2) is 18.1 Å². The summed E-state index contributed by atoms with van der Waals surface area (Å²) in [5.74, 6) is 1.41. The third-order valence-electron chi connectivity index (χ3n) is 4.18. The number of rotatable bonds is 3. The van der Waals surface area contributed by atoms with Gasteiger partial charge in [-0.2, -0.15) is 0 Å². The van der Waals surface area contributed by atoms with E-state index in [0.717, 1.165) is 17.6 Å². The number of carbonyl (C=O) groups is 1. The van der Waals surface area contributed by atoms with E-state index < -0.39 is 5.97 Å². The Morgan fingerprint density at radius 2 is 2.00 bits per heavy atom. The largest absolute Gasteiger partial charge is 0.464 e. The molecule has 0 saturated heterocycles. The molecule has 0 N–H and O–H groups in total. The highest BCUT2D eigenvalue weighted by Gasteiger charge is 2.41. The van der Waals surface area contributed by atoms with Gasteiger partial charge in [-0.3, -0.25) is 0 Å². The quantitative estimate of drug-likeness (QED) is 0.687. The van der Waals surface area contributed by atoms with Crippen LogP contribution in [0.4, 0.5) is 0 Å². The maximum atomic E-state index is 11.5. The second-order valence-corrected chi connectivity index (χ2v) is 5.59. The first-order valence-corrected chi connectivity index (χ1v) is 7.30. The van der Waals surface area contributed by atoms with E-state index in [-0.39, 0.29) is 5.69 Å². The molecule has 1 aliphatic rings. The molecular weight excluding hydrogens is 278 g/mol. The van der Waals surface area contributed by atoms with Crippen molar-refractivity contribution in [2.24, 2.45) is 0 Å². The molecule has 110 valence electrons. The second kappa shape index (κ2) is 4.98. The topological polar surface area (TPSA) is 52.3 Å². The fourth-order valence-corrected chi connectivity index (χ4v) is 2.92. The molecule has 2 atom stereocenters. The first-order valence-electron chi connectivity index (χ1n) is 7.30. The number of hydrogen-bond donors (Lipinski definition) is 0. The molecule has 0 amide bonds. The van der Waals surface area contributed by atoms with Gasteiger partial charge in [-0.05, 0) is 36.1 Å². The predicted octanol–water partition coefficient (Wildman–Crippen LogP) is 3.89. The zero-order valence-electron chi connectivity index (χ0n) is 12.2. The number of nitrogens with zero attached hydrogens (tertiary/aromatic N) is 1. The van der Waals surface area contributed by atoms with Crippen molar-refractivity contribution in [3.05, 3.63) is 65.5 Å². The van der Waals surface area contributed by atoms with Crippen molar-refractivity contribution in [2.45, 2.75) is 18.3 Å². The minimum absolute atomic E-state index is 0.270. The highest BCUT2D eigenvalue weighted by Crippen LogP contribution is 2.55. The molecule has 1 aromatic carbocycles. The number of hydrogen-bond acceptors (Lipinski definition) is 4. The molecule has 2 heterocycles. The van der Waals surface area contributed by atoms with E-state index in [9.17, 15) is 4.79 Å². The second-order valence-electron chi connectivity index (χ2n) is 5.59. The van der Waals surface area contributed by atoms with Gasteiger partial charge in [0.1, 0.15) is 5.76 Å². The molecule has 1 saturated carbocycles. The van der Waals surface area contributed by atoms with Crippen LogP contribution in [-0.2, 0) is 4.74 Å². The van der Waals surface area contributed by atoms with Crippen LogP contribution in [0.1, 0.15) is 40.1 Å². The predicted molar refractivity (Wildman–Crippen MR) is 81.9 cm³/mol. The van der Waals surface area contributed by atoms with Gasteiger partial charge < -0.3 is 9.15 Å². The molecule has 0 spiro atoms. The SMILES string of the molecule is COC(=O)c1ccc2cc(C3CC3c3ccccc3)oc2n1. The first kappa shape index (κ1) is 13.1. The van der Waals surface area contributed by atoms with Gasteiger partial charge in [0.2, 0.25) is 5.71 Å². The number of esters is 1. The smallest absolute Gasteiger partial charge is 0.356 e. The Morgan fingerprint density at radius 1 is 1.18 bits per heavy atom. The van der Waals surface area contributed by atoms with E-state index in [2.05, 4.69) is 34.0 Å². The molecular formula is C18H15NO3. The van der Waals surface area contributed by atoms with Gasteiger partial charge in [0.15, 0.2) is 5.69 Å². The van der Waals surface area contributed by atoms with Gasteiger partial charge in [0, 0.05) is 11.3 Å². The molecule has 0 radical (unpaired) electrons. The number of pyridine rings is 1. The van der Waals surface area contributed by atoms with E-state index >= 15 is 0 Å². The lowest BCUT2D eigenvalue weighted by molar-refractivity contribution is 0.0594. The Bertz CT molecular complexity index is 838. The van der Waals surface area contributed by atoms with Crippen molar-refractivity contribution in [1.29, 1.82) is 0 Å². The lowest BCUT2D eigenvalue weighted by atomic mass is 10.1. The van der Waals surface area contributed by atoms with Crippen molar-refractivity contribution in [3.63, 3.8) is 0 Å². The fraction of sp³-hybridized carbons (Fsp3) is 0.222. The number of methoxy groups -OCH3 is 1. The maximum absolute atomic E-state index is 11.5. The van der Waals surface area contributed by atoms with Gasteiger partial charge in [0.25, 0.3) is 0 Å². The molecule has 0 aliphatic heterocycles. The summed E-state index contributed by atoms with van der Waals surface area (Å²) in [6.45, 7) is 0. The lowest BCUT2D eigenvalue weighted by Crippen LogP contribution is -2.03. The molecule has 2 aromatic heterocycles. The number of ether oxygens (including phenoxy) is 1. The van der Waals surface area contributed by atoms with Crippen LogP contribution in [0.25, 0.3) is 11.1 Å². The van der Waals surface area contributed by atoms with Crippen LogP contribution in [0.3, 0.4) is 0 Å². The summed E-state index contributed by atoms with van der Waals surface area (Å²) >= 11 is 0. The highest BCUT2D eigenvalue weighted by molar-refractivity contribution is 5.90. The Morgan fingerprint density at radius 3 is 2.77 bits per heavy atom. The van der Waals surface area contributed by atoms with Crippen molar-refractivity contribution < 1.29 is 13.9 Å². The normalized spacial score (nSPS) is 20.0. The molecule has 3 aromatic rings. The summed E-state index contributed by atoms with van der Waals surface area (Å²) in [7, 11) is 1.34. The van der Waals surface area contributed by atoms with Crippen LogP contribution < -0.4 is 0 Å². The average molecular weight is 293 g/mol. The third-order valence-corrected chi connectivity index (χ3v) is 4.18. The number of benzene rings is 1. The number of aromatic nitrogens is 1. The Hall–Kier alpha value is -2.62. The first-order chi connectivity index (χ1) is 10.8. The zero-order valence-corrected chi connectivity index (χ0v) is 12.2. The van der Waals surface area contributed by atoms with Crippen LogP contribution in [0.5, 0.6) is 0 Å². The highest BCUT2D eigenvalue weighted by atomic mass is 16.5. The van der Waals surface area contributed by atoms with Crippen molar-refractivity contribution in [1.82, 2.24) is 4.98 Å². The maximum Gasteiger partial charge on any atom is 0.356 e. The van der Waals surface area contributed by atoms with E-state index in [4.69, 9.17) is 4.42 Å². The summed E-state index contributed by atoms with van der Waals surface area (Å²) in [5.41, 5.74) is 2.11. The minimum Gasteiger partial charge on any atom is -0.464 e. The van der Waals surface area contributed by atoms with Gasteiger partial charge in [0.05, 0.1) is 7.11 Å². The van der Waals surface area contributed by atoms with E-state index in [1.165, 1.54) is 12.7 Å². The molecule has 1 fully saturated rings. The van der Waals surface area contributed by atoms with Crippen LogP contribution >= 0.6 is 0 Å². The summed E-state index contributed by atoms with van der Waals surface area (Å²) in [6.07, 6.45) is 1.09. The summed E-state index contributed by atoms with van der Waals surface area (Å²) in [6, 6.07) is 16.0. The zero-order chi connectivity index (χ0) is 15.1.